The van der Waals surface area contributed by atoms with E-state index < -0.39 is 10.2 Å². The first-order valence-corrected chi connectivity index (χ1v) is 8.75. The van der Waals surface area contributed by atoms with Crippen molar-refractivity contribution in [3.05, 3.63) is 0 Å². The smallest absolute Gasteiger partial charge is 0.279 e. The molecule has 17 heavy (non-hydrogen) atoms. The predicted octanol–water partition coefficient (Wildman–Crippen LogP) is 0.0117. The number of hydrogen-bond acceptors (Lipinski definition) is 4. The van der Waals surface area contributed by atoms with Crippen LogP contribution in [0.2, 0.25) is 0 Å². The van der Waals surface area contributed by atoms with E-state index in [9.17, 15) is 8.42 Å². The second-order valence-corrected chi connectivity index (χ2v) is 7.75. The van der Waals surface area contributed by atoms with E-state index in [1.807, 2.05) is 0 Å². The van der Waals surface area contributed by atoms with Gasteiger partial charge in [0.15, 0.2) is 0 Å². The molecule has 2 N–H and O–H groups in total. The van der Waals surface area contributed by atoms with E-state index in [-0.39, 0.29) is 4.75 Å². The van der Waals surface area contributed by atoms with Crippen molar-refractivity contribution >= 4 is 22.0 Å². The van der Waals surface area contributed by atoms with Gasteiger partial charge in [-0.2, -0.15) is 24.5 Å². The highest BCUT2D eigenvalue weighted by molar-refractivity contribution is 8.00. The molecule has 1 aliphatic carbocycles. The fraction of sp³-hybridized carbons (Fsp3) is 1.00. The van der Waals surface area contributed by atoms with Gasteiger partial charge in [0, 0.05) is 37.5 Å². The third-order valence-corrected chi connectivity index (χ3v) is 6.66. The molecule has 2 fully saturated rings. The Morgan fingerprint density at radius 3 is 2.47 bits per heavy atom. The van der Waals surface area contributed by atoms with Crippen LogP contribution in [0.4, 0.5) is 0 Å². The molecule has 1 saturated heterocycles. The Kier molecular flexibility index (Phi) is 4.35. The van der Waals surface area contributed by atoms with Crippen LogP contribution >= 0.6 is 11.8 Å². The second-order valence-electron chi connectivity index (χ2n) is 4.72. The molecule has 0 aromatic carbocycles. The molecule has 2 rings (SSSR count). The first-order valence-electron chi connectivity index (χ1n) is 6.09. The van der Waals surface area contributed by atoms with Crippen LogP contribution in [0.15, 0.2) is 0 Å². The first kappa shape index (κ1) is 13.6. The van der Waals surface area contributed by atoms with Crippen molar-refractivity contribution in [1.82, 2.24) is 14.3 Å². The lowest BCUT2D eigenvalue weighted by Crippen LogP contribution is -2.53. The average Bonchev–Trinajstić information content (AvgIpc) is 2.29. The number of nitrogens with one attached hydrogen (secondary N) is 2. The monoisotopic (exact) mass is 279 g/mol. The van der Waals surface area contributed by atoms with Gasteiger partial charge in [-0.1, -0.05) is 6.42 Å². The molecule has 0 spiro atoms. The summed E-state index contributed by atoms with van der Waals surface area (Å²) in [6, 6.07) is 0. The minimum Gasteiger partial charge on any atom is -0.314 e. The molecule has 0 aromatic rings. The molecule has 100 valence electrons. The van der Waals surface area contributed by atoms with Gasteiger partial charge in [0.25, 0.3) is 10.2 Å². The fourth-order valence-electron chi connectivity index (χ4n) is 2.22. The third-order valence-electron chi connectivity index (χ3n) is 3.69. The van der Waals surface area contributed by atoms with Gasteiger partial charge < -0.3 is 5.32 Å². The Morgan fingerprint density at radius 1 is 1.35 bits per heavy atom. The Morgan fingerprint density at radius 2 is 2.00 bits per heavy atom. The van der Waals surface area contributed by atoms with Crippen LogP contribution < -0.4 is 10.0 Å². The first-order chi connectivity index (χ1) is 8.08. The van der Waals surface area contributed by atoms with Gasteiger partial charge in [-0.25, -0.2) is 4.72 Å². The van der Waals surface area contributed by atoms with Crippen LogP contribution in [-0.4, -0.2) is 56.4 Å². The maximum absolute atomic E-state index is 12.1. The van der Waals surface area contributed by atoms with Gasteiger partial charge in [-0.15, -0.1) is 0 Å². The minimum atomic E-state index is -3.27. The Bertz CT molecular complexity index is 343. The van der Waals surface area contributed by atoms with Crippen molar-refractivity contribution in [2.75, 3.05) is 39.0 Å². The van der Waals surface area contributed by atoms with Gasteiger partial charge in [0.2, 0.25) is 0 Å². The fourth-order valence-corrected chi connectivity index (χ4v) is 4.53. The Labute approximate surface area is 108 Å². The lowest BCUT2D eigenvalue weighted by atomic mass is 9.84. The van der Waals surface area contributed by atoms with Gasteiger partial charge in [-0.3, -0.25) is 0 Å². The number of rotatable bonds is 5. The van der Waals surface area contributed by atoms with E-state index in [4.69, 9.17) is 0 Å². The van der Waals surface area contributed by atoms with E-state index in [0.717, 1.165) is 25.9 Å². The molecular weight excluding hydrogens is 258 g/mol. The van der Waals surface area contributed by atoms with Gasteiger partial charge >= 0.3 is 0 Å². The van der Waals surface area contributed by atoms with Crippen molar-refractivity contribution in [3.8, 4) is 0 Å². The molecule has 0 aromatic heterocycles. The number of piperazine rings is 1. The van der Waals surface area contributed by atoms with Crippen molar-refractivity contribution in [2.24, 2.45) is 0 Å². The summed E-state index contributed by atoms with van der Waals surface area (Å²) in [4.78, 5) is 0. The molecule has 2 aliphatic rings. The van der Waals surface area contributed by atoms with E-state index in [0.29, 0.717) is 19.6 Å². The predicted molar refractivity (Wildman–Crippen MR) is 71.5 cm³/mol. The van der Waals surface area contributed by atoms with Crippen LogP contribution in [0, 0.1) is 0 Å². The van der Waals surface area contributed by atoms with E-state index >= 15 is 0 Å². The SMILES string of the molecule is CSC1(CNS(=O)(=O)N2CCNCC2)CCC1. The summed E-state index contributed by atoms with van der Waals surface area (Å²) in [6.07, 6.45) is 5.53. The van der Waals surface area contributed by atoms with Crippen LogP contribution in [0.1, 0.15) is 19.3 Å². The summed E-state index contributed by atoms with van der Waals surface area (Å²) in [6.45, 7) is 3.20. The molecule has 5 nitrogen and oxygen atoms in total. The molecular formula is C10H21N3O2S2. The van der Waals surface area contributed by atoms with E-state index in [1.165, 1.54) is 10.7 Å². The van der Waals surface area contributed by atoms with Crippen molar-refractivity contribution in [1.29, 1.82) is 0 Å². The summed E-state index contributed by atoms with van der Waals surface area (Å²) >= 11 is 1.79. The maximum atomic E-state index is 12.1. The highest BCUT2D eigenvalue weighted by Gasteiger charge is 2.37. The van der Waals surface area contributed by atoms with E-state index in [1.54, 1.807) is 11.8 Å². The topological polar surface area (TPSA) is 61.4 Å². The molecule has 0 bridgehead atoms. The van der Waals surface area contributed by atoms with Crippen LogP contribution in [0.25, 0.3) is 0 Å². The third kappa shape index (κ3) is 3.14. The van der Waals surface area contributed by atoms with Crippen molar-refractivity contribution in [3.63, 3.8) is 0 Å². The molecule has 0 unspecified atom stereocenters. The zero-order valence-electron chi connectivity index (χ0n) is 10.2. The second kappa shape index (κ2) is 5.44. The summed E-state index contributed by atoms with van der Waals surface area (Å²) < 4.78 is 28.6. The molecule has 0 atom stereocenters. The van der Waals surface area contributed by atoms with Crippen molar-refractivity contribution < 1.29 is 8.42 Å². The summed E-state index contributed by atoms with van der Waals surface area (Å²) in [5, 5.41) is 3.15. The molecule has 1 aliphatic heterocycles. The maximum Gasteiger partial charge on any atom is 0.279 e. The van der Waals surface area contributed by atoms with Gasteiger partial charge in [-0.05, 0) is 19.1 Å². The molecule has 1 heterocycles. The Balaban J connectivity index is 1.88. The minimum absolute atomic E-state index is 0.154. The number of hydrogen-bond donors (Lipinski definition) is 2. The standard InChI is InChI=1S/C10H21N3O2S2/c1-16-10(3-2-4-10)9-12-17(14,15)13-7-5-11-6-8-13/h11-12H,2-9H2,1H3. The van der Waals surface area contributed by atoms with Gasteiger partial charge in [0.1, 0.15) is 0 Å². The van der Waals surface area contributed by atoms with Crippen molar-refractivity contribution in [2.45, 2.75) is 24.0 Å². The molecule has 0 amide bonds. The summed E-state index contributed by atoms with van der Waals surface area (Å²) in [5.41, 5.74) is 0. The lowest BCUT2D eigenvalue weighted by molar-refractivity contribution is 0.336. The highest BCUT2D eigenvalue weighted by atomic mass is 32.2. The lowest BCUT2D eigenvalue weighted by Gasteiger charge is -2.41. The Hall–Kier alpha value is 0.180. The van der Waals surface area contributed by atoms with Crippen LogP contribution in [0.5, 0.6) is 0 Å². The number of thioether (sulfide) groups is 1. The quantitative estimate of drug-likeness (QED) is 0.744. The molecule has 0 radical (unpaired) electrons. The highest BCUT2D eigenvalue weighted by Crippen LogP contribution is 2.42. The van der Waals surface area contributed by atoms with Crippen LogP contribution in [-0.2, 0) is 10.2 Å². The normalized spacial score (nSPS) is 25.5. The molecule has 1 saturated carbocycles. The average molecular weight is 279 g/mol. The molecule has 7 heteroatoms. The zero-order valence-corrected chi connectivity index (χ0v) is 11.9. The zero-order chi connectivity index (χ0) is 12.4. The van der Waals surface area contributed by atoms with Crippen LogP contribution in [0.3, 0.4) is 0 Å². The number of nitrogens with zero attached hydrogens (tertiary/aromatic N) is 1. The van der Waals surface area contributed by atoms with Gasteiger partial charge in [0.05, 0.1) is 0 Å². The van der Waals surface area contributed by atoms with E-state index in [2.05, 4.69) is 16.3 Å². The summed E-state index contributed by atoms with van der Waals surface area (Å²) in [5.74, 6) is 0. The summed E-state index contributed by atoms with van der Waals surface area (Å²) in [7, 11) is -3.27. The largest absolute Gasteiger partial charge is 0.314 e.